The van der Waals surface area contributed by atoms with Gasteiger partial charge in [-0.15, -0.1) is 0 Å². The van der Waals surface area contributed by atoms with Crippen molar-refractivity contribution < 1.29 is 14.0 Å². The van der Waals surface area contributed by atoms with Crippen molar-refractivity contribution in [1.82, 2.24) is 0 Å². The Kier molecular flexibility index (Phi) is 9.29. The first-order valence-corrected chi connectivity index (χ1v) is 7.44. The van der Waals surface area contributed by atoms with Crippen molar-refractivity contribution in [3.8, 4) is 0 Å². The van der Waals surface area contributed by atoms with E-state index in [1.165, 1.54) is 31.2 Å². The van der Waals surface area contributed by atoms with Crippen LogP contribution in [0.1, 0.15) is 38.2 Å². The number of pyridine rings is 1. The zero-order valence-corrected chi connectivity index (χ0v) is 12.4. The summed E-state index contributed by atoms with van der Waals surface area (Å²) < 4.78 is 13.2. The van der Waals surface area contributed by atoms with Crippen LogP contribution in [-0.4, -0.2) is 26.4 Å². The summed E-state index contributed by atoms with van der Waals surface area (Å²) in [5, 5.41) is 0. The second-order valence-electron chi connectivity index (χ2n) is 4.90. The number of aryl methyl sites for hydroxylation is 1. The van der Waals surface area contributed by atoms with Crippen LogP contribution in [-0.2, 0) is 16.0 Å². The first kappa shape index (κ1) is 16.1. The van der Waals surface area contributed by atoms with Crippen LogP contribution >= 0.6 is 0 Å². The van der Waals surface area contributed by atoms with Gasteiger partial charge in [-0.1, -0.05) is 26.2 Å². The third-order valence-electron chi connectivity index (χ3n) is 3.01. The maximum absolute atomic E-state index is 5.56. The van der Waals surface area contributed by atoms with E-state index in [1.54, 1.807) is 0 Å². The largest absolute Gasteiger partial charge is 0.379 e. The van der Waals surface area contributed by atoms with Crippen LogP contribution < -0.4 is 4.57 Å². The summed E-state index contributed by atoms with van der Waals surface area (Å²) in [7, 11) is 0. The normalized spacial score (nSPS) is 10.8. The van der Waals surface area contributed by atoms with Crippen molar-refractivity contribution in [2.75, 3.05) is 26.4 Å². The number of hydrogen-bond donors (Lipinski definition) is 0. The topological polar surface area (TPSA) is 22.3 Å². The number of ether oxygens (including phenoxy) is 2. The highest BCUT2D eigenvalue weighted by atomic mass is 16.5. The molecular formula is C16H28NO2+. The highest BCUT2D eigenvalue weighted by Gasteiger charge is 1.99. The average Bonchev–Trinajstić information content (AvgIpc) is 2.41. The molecule has 0 bridgehead atoms. The zero-order valence-electron chi connectivity index (χ0n) is 12.4. The molecule has 1 rings (SSSR count). The molecule has 19 heavy (non-hydrogen) atoms. The Morgan fingerprint density at radius 1 is 1.00 bits per heavy atom. The van der Waals surface area contributed by atoms with Gasteiger partial charge >= 0.3 is 0 Å². The zero-order chi connectivity index (χ0) is 13.8. The molecule has 1 aromatic heterocycles. The molecule has 0 radical (unpaired) electrons. The Hall–Kier alpha value is -0.930. The minimum atomic E-state index is 0.695. The molecule has 0 saturated carbocycles. The van der Waals surface area contributed by atoms with Gasteiger partial charge in [0, 0.05) is 18.2 Å². The summed E-state index contributed by atoms with van der Waals surface area (Å²) >= 11 is 0. The van der Waals surface area contributed by atoms with E-state index in [-0.39, 0.29) is 0 Å². The van der Waals surface area contributed by atoms with Crippen molar-refractivity contribution in [3.05, 3.63) is 30.1 Å². The van der Waals surface area contributed by atoms with Gasteiger partial charge in [0.05, 0.1) is 13.2 Å². The van der Waals surface area contributed by atoms with E-state index >= 15 is 0 Å². The van der Waals surface area contributed by atoms with E-state index in [2.05, 4.69) is 42.9 Å². The van der Waals surface area contributed by atoms with E-state index < -0.39 is 0 Å². The number of hydrogen-bond acceptors (Lipinski definition) is 2. The van der Waals surface area contributed by atoms with Crippen LogP contribution in [0, 0.1) is 6.92 Å². The smallest absolute Gasteiger partial charge is 0.171 e. The molecule has 1 heterocycles. The Labute approximate surface area is 117 Å². The number of unbranched alkanes of at least 4 members (excludes halogenated alkanes) is 3. The molecule has 0 aromatic carbocycles. The van der Waals surface area contributed by atoms with Gasteiger partial charge in [0.25, 0.3) is 0 Å². The van der Waals surface area contributed by atoms with Crippen molar-refractivity contribution in [1.29, 1.82) is 0 Å². The number of nitrogens with zero attached hydrogens (tertiary/aromatic N) is 1. The van der Waals surface area contributed by atoms with Gasteiger partial charge in [0.2, 0.25) is 0 Å². The third-order valence-corrected chi connectivity index (χ3v) is 3.01. The predicted octanol–water partition coefficient (Wildman–Crippen LogP) is 2.90. The summed E-state index contributed by atoms with van der Waals surface area (Å²) in [6, 6.07) is 4.17. The molecule has 0 fully saturated rings. The standard InChI is InChI=1S/C16H28NO2/c1-3-4-5-6-11-18-13-14-19-12-10-17-9-7-8-16(2)15-17/h7-9,15H,3-6,10-14H2,1-2H3/q+1. The summed E-state index contributed by atoms with van der Waals surface area (Å²) in [6.45, 7) is 8.25. The lowest BCUT2D eigenvalue weighted by molar-refractivity contribution is -0.698. The minimum Gasteiger partial charge on any atom is -0.379 e. The first-order chi connectivity index (χ1) is 9.33. The van der Waals surface area contributed by atoms with E-state index in [4.69, 9.17) is 9.47 Å². The van der Waals surface area contributed by atoms with Crippen LogP contribution in [0.2, 0.25) is 0 Å². The van der Waals surface area contributed by atoms with Crippen LogP contribution in [0.4, 0.5) is 0 Å². The van der Waals surface area contributed by atoms with Crippen LogP contribution in [0.25, 0.3) is 0 Å². The molecule has 3 heteroatoms. The van der Waals surface area contributed by atoms with Crippen LogP contribution in [0.15, 0.2) is 24.5 Å². The van der Waals surface area contributed by atoms with E-state index in [1.807, 2.05) is 0 Å². The molecular weight excluding hydrogens is 238 g/mol. The van der Waals surface area contributed by atoms with Gasteiger partial charge in [-0.25, -0.2) is 4.57 Å². The molecule has 0 N–H and O–H groups in total. The second kappa shape index (κ2) is 10.9. The predicted molar refractivity (Wildman–Crippen MR) is 77.2 cm³/mol. The van der Waals surface area contributed by atoms with Gasteiger partial charge in [-0.3, -0.25) is 0 Å². The lowest BCUT2D eigenvalue weighted by atomic mass is 10.2. The highest BCUT2D eigenvalue weighted by molar-refractivity contribution is 5.01. The molecule has 0 atom stereocenters. The maximum Gasteiger partial charge on any atom is 0.171 e. The maximum atomic E-state index is 5.56. The summed E-state index contributed by atoms with van der Waals surface area (Å²) in [6.07, 6.45) is 9.25. The molecule has 0 amide bonds. The van der Waals surface area contributed by atoms with Crippen molar-refractivity contribution >= 4 is 0 Å². The average molecular weight is 266 g/mol. The van der Waals surface area contributed by atoms with Gasteiger partial charge < -0.3 is 9.47 Å². The fraction of sp³-hybridized carbons (Fsp3) is 0.688. The van der Waals surface area contributed by atoms with Gasteiger partial charge in [0.1, 0.15) is 6.61 Å². The van der Waals surface area contributed by atoms with E-state index in [0.717, 1.165) is 19.8 Å². The van der Waals surface area contributed by atoms with Crippen molar-refractivity contribution in [2.24, 2.45) is 0 Å². The van der Waals surface area contributed by atoms with Gasteiger partial charge in [0.15, 0.2) is 18.9 Å². The molecule has 108 valence electrons. The lowest BCUT2D eigenvalue weighted by Crippen LogP contribution is -2.35. The van der Waals surface area contributed by atoms with Crippen LogP contribution in [0.5, 0.6) is 0 Å². The quantitative estimate of drug-likeness (QED) is 0.454. The van der Waals surface area contributed by atoms with Crippen molar-refractivity contribution in [3.63, 3.8) is 0 Å². The molecule has 0 aliphatic carbocycles. The lowest BCUT2D eigenvalue weighted by Gasteiger charge is -2.04. The summed E-state index contributed by atoms with van der Waals surface area (Å²) in [5.74, 6) is 0. The minimum absolute atomic E-state index is 0.695. The third kappa shape index (κ3) is 8.73. The molecule has 0 saturated heterocycles. The van der Waals surface area contributed by atoms with Crippen LogP contribution in [0.3, 0.4) is 0 Å². The number of rotatable bonds is 11. The van der Waals surface area contributed by atoms with Crippen molar-refractivity contribution in [2.45, 2.75) is 46.1 Å². The fourth-order valence-corrected chi connectivity index (χ4v) is 1.91. The Morgan fingerprint density at radius 2 is 1.79 bits per heavy atom. The first-order valence-electron chi connectivity index (χ1n) is 7.44. The summed E-state index contributed by atoms with van der Waals surface area (Å²) in [5.41, 5.74) is 1.28. The Bertz CT molecular complexity index is 328. The molecule has 0 aliphatic rings. The fourth-order valence-electron chi connectivity index (χ4n) is 1.91. The Balaban J connectivity index is 1.89. The number of aromatic nitrogens is 1. The van der Waals surface area contributed by atoms with Gasteiger partial charge in [-0.05, 0) is 19.4 Å². The summed E-state index contributed by atoms with van der Waals surface area (Å²) in [4.78, 5) is 0. The van der Waals surface area contributed by atoms with Gasteiger partial charge in [-0.2, -0.15) is 0 Å². The molecule has 0 aliphatic heterocycles. The molecule has 1 aromatic rings. The molecule has 0 spiro atoms. The molecule has 0 unspecified atom stereocenters. The molecule has 3 nitrogen and oxygen atoms in total. The highest BCUT2D eigenvalue weighted by Crippen LogP contribution is 1.98. The van der Waals surface area contributed by atoms with E-state index in [9.17, 15) is 0 Å². The Morgan fingerprint density at radius 3 is 2.53 bits per heavy atom. The van der Waals surface area contributed by atoms with E-state index in [0.29, 0.717) is 13.2 Å². The monoisotopic (exact) mass is 266 g/mol. The second-order valence-corrected chi connectivity index (χ2v) is 4.90. The SMILES string of the molecule is CCCCCCOCCOCC[n+]1cccc(C)c1.